The highest BCUT2D eigenvalue weighted by molar-refractivity contribution is 5.54. The van der Waals surface area contributed by atoms with E-state index in [4.69, 9.17) is 0 Å². The Morgan fingerprint density at radius 2 is 1.82 bits per heavy atom. The molecule has 28 heavy (non-hydrogen) atoms. The van der Waals surface area contributed by atoms with Crippen LogP contribution in [0.15, 0.2) is 42.6 Å². The molecule has 1 aliphatic heterocycles. The van der Waals surface area contributed by atoms with Crippen molar-refractivity contribution in [2.45, 2.75) is 19.5 Å². The predicted octanol–water partition coefficient (Wildman–Crippen LogP) is 4.33. The highest BCUT2D eigenvalue weighted by Gasteiger charge is 2.19. The van der Waals surface area contributed by atoms with Gasteiger partial charge in [-0.15, -0.1) is 0 Å². The summed E-state index contributed by atoms with van der Waals surface area (Å²) in [6, 6.07) is 7.12. The van der Waals surface area contributed by atoms with E-state index in [0.29, 0.717) is 31.6 Å². The van der Waals surface area contributed by atoms with Crippen molar-refractivity contribution in [1.82, 2.24) is 14.9 Å². The number of hydrogen-bond donors (Lipinski definition) is 1. The van der Waals surface area contributed by atoms with Crippen molar-refractivity contribution < 1.29 is 17.6 Å². The van der Waals surface area contributed by atoms with Gasteiger partial charge in [-0.05, 0) is 29.8 Å². The molecule has 0 saturated heterocycles. The Hall–Kier alpha value is -3.00. The van der Waals surface area contributed by atoms with Crippen LogP contribution in [0.3, 0.4) is 0 Å². The van der Waals surface area contributed by atoms with Crippen LogP contribution in [0.4, 0.5) is 29.2 Å². The van der Waals surface area contributed by atoms with Gasteiger partial charge in [-0.1, -0.05) is 6.07 Å². The number of anilines is 2. The summed E-state index contributed by atoms with van der Waals surface area (Å²) in [5, 5.41) is 2.76. The van der Waals surface area contributed by atoms with E-state index in [1.165, 1.54) is 12.1 Å². The van der Waals surface area contributed by atoms with Gasteiger partial charge in [0.25, 0.3) is 0 Å². The lowest BCUT2D eigenvalue weighted by Gasteiger charge is -2.28. The van der Waals surface area contributed by atoms with E-state index in [1.54, 1.807) is 12.3 Å². The topological polar surface area (TPSA) is 41.1 Å². The summed E-state index contributed by atoms with van der Waals surface area (Å²) in [5.74, 6) is -2.87. The molecule has 1 N–H and O–H groups in total. The molecule has 0 spiro atoms. The van der Waals surface area contributed by atoms with Crippen molar-refractivity contribution in [2.75, 3.05) is 11.9 Å². The van der Waals surface area contributed by atoms with Crippen molar-refractivity contribution in [3.8, 4) is 0 Å². The molecule has 3 aromatic rings. The first-order valence-electron chi connectivity index (χ1n) is 8.71. The Kier molecular flexibility index (Phi) is 4.95. The second kappa shape index (κ2) is 7.55. The summed E-state index contributed by atoms with van der Waals surface area (Å²) < 4.78 is 53.2. The fraction of sp³-hybridized carbons (Fsp3) is 0.200. The summed E-state index contributed by atoms with van der Waals surface area (Å²) in [6.45, 7) is 1.74. The standard InChI is InChI=1S/C20H16F4N4/c21-14-2-4-19(17(24)8-14)27-20-25-9-13-11-28(6-5-18(13)26-20)10-12-1-3-15(22)16(23)7-12/h1-4,7-9H,5-6,10-11H2,(H,25,26,27). The molecule has 0 saturated carbocycles. The average molecular weight is 388 g/mol. The minimum absolute atomic E-state index is 0.0946. The molecule has 0 bridgehead atoms. The second-order valence-electron chi connectivity index (χ2n) is 6.62. The Balaban J connectivity index is 1.46. The molecule has 1 aliphatic rings. The van der Waals surface area contributed by atoms with Gasteiger partial charge < -0.3 is 5.32 Å². The maximum Gasteiger partial charge on any atom is 0.227 e. The van der Waals surface area contributed by atoms with Gasteiger partial charge in [0, 0.05) is 43.9 Å². The lowest BCUT2D eigenvalue weighted by atomic mass is 10.1. The van der Waals surface area contributed by atoms with E-state index in [-0.39, 0.29) is 11.6 Å². The maximum absolute atomic E-state index is 13.8. The monoisotopic (exact) mass is 388 g/mol. The summed E-state index contributed by atoms with van der Waals surface area (Å²) in [6.07, 6.45) is 2.30. The zero-order chi connectivity index (χ0) is 19.7. The molecule has 0 radical (unpaired) electrons. The summed E-state index contributed by atoms with van der Waals surface area (Å²) >= 11 is 0. The van der Waals surface area contributed by atoms with Gasteiger partial charge in [-0.2, -0.15) is 0 Å². The number of nitrogens with one attached hydrogen (secondary N) is 1. The molecule has 4 rings (SSSR count). The molecule has 0 aliphatic carbocycles. The lowest BCUT2D eigenvalue weighted by molar-refractivity contribution is 0.242. The highest BCUT2D eigenvalue weighted by atomic mass is 19.2. The van der Waals surface area contributed by atoms with E-state index in [0.717, 1.165) is 29.5 Å². The molecule has 1 aromatic heterocycles. The van der Waals surface area contributed by atoms with Gasteiger partial charge in [0.1, 0.15) is 11.6 Å². The fourth-order valence-electron chi connectivity index (χ4n) is 3.18. The third-order valence-corrected chi connectivity index (χ3v) is 4.58. The summed E-state index contributed by atoms with van der Waals surface area (Å²) in [7, 11) is 0. The number of halogens is 4. The maximum atomic E-state index is 13.8. The molecular weight excluding hydrogens is 372 g/mol. The largest absolute Gasteiger partial charge is 0.322 e. The summed E-state index contributed by atoms with van der Waals surface area (Å²) in [4.78, 5) is 10.7. The molecule has 0 atom stereocenters. The quantitative estimate of drug-likeness (QED) is 0.676. The van der Waals surface area contributed by atoms with E-state index >= 15 is 0 Å². The normalized spacial score (nSPS) is 14.0. The fourth-order valence-corrected chi connectivity index (χ4v) is 3.18. The smallest absolute Gasteiger partial charge is 0.227 e. The van der Waals surface area contributed by atoms with Gasteiger partial charge in [0.2, 0.25) is 5.95 Å². The van der Waals surface area contributed by atoms with Crippen LogP contribution in [0.5, 0.6) is 0 Å². The second-order valence-corrected chi connectivity index (χ2v) is 6.62. The van der Waals surface area contributed by atoms with Crippen molar-refractivity contribution in [3.63, 3.8) is 0 Å². The molecule has 2 heterocycles. The SMILES string of the molecule is Fc1ccc(Nc2ncc3c(n2)CCN(Cc2ccc(F)c(F)c2)C3)c(F)c1. The minimum Gasteiger partial charge on any atom is -0.322 e. The molecule has 8 heteroatoms. The number of fused-ring (bicyclic) bond motifs is 1. The Morgan fingerprint density at radius 3 is 2.61 bits per heavy atom. The van der Waals surface area contributed by atoms with Crippen molar-refractivity contribution in [1.29, 1.82) is 0 Å². The number of hydrogen-bond acceptors (Lipinski definition) is 4. The van der Waals surface area contributed by atoms with E-state index < -0.39 is 23.3 Å². The van der Waals surface area contributed by atoms with Crippen LogP contribution >= 0.6 is 0 Å². The Morgan fingerprint density at radius 1 is 0.964 bits per heavy atom. The van der Waals surface area contributed by atoms with Crippen LogP contribution in [0, 0.1) is 23.3 Å². The molecule has 0 amide bonds. The lowest BCUT2D eigenvalue weighted by Crippen LogP contribution is -2.31. The molecule has 0 fully saturated rings. The van der Waals surface area contributed by atoms with Crippen LogP contribution in [0.25, 0.3) is 0 Å². The first-order chi connectivity index (χ1) is 13.5. The summed E-state index contributed by atoms with van der Waals surface area (Å²) in [5.41, 5.74) is 2.53. The van der Waals surface area contributed by atoms with Crippen molar-refractivity contribution >= 4 is 11.6 Å². The molecule has 2 aromatic carbocycles. The van der Waals surface area contributed by atoms with Crippen molar-refractivity contribution in [3.05, 3.63) is 82.7 Å². The van der Waals surface area contributed by atoms with E-state index in [2.05, 4.69) is 20.2 Å². The minimum atomic E-state index is -0.862. The van der Waals surface area contributed by atoms with E-state index in [1.807, 2.05) is 0 Å². The molecule has 144 valence electrons. The zero-order valence-electron chi connectivity index (χ0n) is 14.7. The van der Waals surface area contributed by atoms with E-state index in [9.17, 15) is 17.6 Å². The Bertz CT molecular complexity index is 1030. The zero-order valence-corrected chi connectivity index (χ0v) is 14.7. The number of aromatic nitrogens is 2. The van der Waals surface area contributed by atoms with Crippen molar-refractivity contribution in [2.24, 2.45) is 0 Å². The number of nitrogens with zero attached hydrogens (tertiary/aromatic N) is 3. The third-order valence-electron chi connectivity index (χ3n) is 4.58. The first-order valence-corrected chi connectivity index (χ1v) is 8.71. The molecule has 0 unspecified atom stereocenters. The molecule has 4 nitrogen and oxygen atoms in total. The van der Waals surface area contributed by atoms with Crippen LogP contribution in [-0.2, 0) is 19.5 Å². The van der Waals surface area contributed by atoms with Crippen LogP contribution < -0.4 is 5.32 Å². The van der Waals surface area contributed by atoms with Gasteiger partial charge in [-0.3, -0.25) is 4.90 Å². The first kappa shape index (κ1) is 18.4. The van der Waals surface area contributed by atoms with Crippen LogP contribution in [-0.4, -0.2) is 21.4 Å². The van der Waals surface area contributed by atoms with Gasteiger partial charge in [0.05, 0.1) is 11.4 Å². The van der Waals surface area contributed by atoms with Gasteiger partial charge >= 0.3 is 0 Å². The van der Waals surface area contributed by atoms with Crippen LogP contribution in [0.2, 0.25) is 0 Å². The Labute approximate surface area is 158 Å². The number of benzene rings is 2. The third kappa shape index (κ3) is 3.96. The number of rotatable bonds is 4. The molecular formula is C20H16F4N4. The highest BCUT2D eigenvalue weighted by Crippen LogP contribution is 2.23. The average Bonchev–Trinajstić information content (AvgIpc) is 2.67. The van der Waals surface area contributed by atoms with Gasteiger partial charge in [0.15, 0.2) is 11.6 Å². The predicted molar refractivity (Wildman–Crippen MR) is 95.8 cm³/mol. The van der Waals surface area contributed by atoms with Crippen LogP contribution in [0.1, 0.15) is 16.8 Å². The van der Waals surface area contributed by atoms with Gasteiger partial charge in [-0.25, -0.2) is 27.5 Å².